The molecule has 0 atom stereocenters. The highest BCUT2D eigenvalue weighted by Crippen LogP contribution is 2.34. The molecule has 40 heavy (non-hydrogen) atoms. The van der Waals surface area contributed by atoms with Gasteiger partial charge < -0.3 is 8.97 Å². The second-order valence-corrected chi connectivity index (χ2v) is 12.7. The lowest BCUT2D eigenvalue weighted by molar-refractivity contribution is -0.946. The molecule has 2 heterocycles. The van der Waals surface area contributed by atoms with E-state index in [1.807, 2.05) is 24.3 Å². The molecule has 4 rings (SSSR count). The number of nitro groups is 2. The maximum absolute atomic E-state index is 11.0. The van der Waals surface area contributed by atoms with E-state index in [1.54, 1.807) is 24.3 Å². The quantitative estimate of drug-likeness (QED) is 0.149. The lowest BCUT2D eigenvalue weighted by Crippen LogP contribution is -2.53. The van der Waals surface area contributed by atoms with Gasteiger partial charge in [-0.15, -0.1) is 0 Å². The van der Waals surface area contributed by atoms with Crippen LogP contribution < -0.4 is 0 Å². The second kappa shape index (κ2) is 13.7. The monoisotopic (exact) mass is 552 g/mol. The second-order valence-electron chi connectivity index (χ2n) is 12.7. The molecular formula is C32H48N4O4+2. The topological polar surface area (TPSA) is 86.3 Å². The van der Waals surface area contributed by atoms with Crippen LogP contribution >= 0.6 is 0 Å². The van der Waals surface area contributed by atoms with E-state index >= 15 is 0 Å². The zero-order chi connectivity index (χ0) is 28.6. The van der Waals surface area contributed by atoms with E-state index in [2.05, 4.69) is 13.8 Å². The molecule has 0 saturated carbocycles. The molecule has 0 radical (unpaired) electrons. The van der Waals surface area contributed by atoms with Gasteiger partial charge in [0.15, 0.2) is 0 Å². The van der Waals surface area contributed by atoms with Gasteiger partial charge in [0.05, 0.1) is 49.1 Å². The highest BCUT2D eigenvalue weighted by molar-refractivity contribution is 5.33. The van der Waals surface area contributed by atoms with Gasteiger partial charge in [-0.3, -0.25) is 20.2 Å². The van der Waals surface area contributed by atoms with E-state index in [-0.39, 0.29) is 21.2 Å². The average molecular weight is 553 g/mol. The average Bonchev–Trinajstić information content (AvgIpc) is 2.94. The van der Waals surface area contributed by atoms with Crippen molar-refractivity contribution < 1.29 is 18.8 Å². The Morgan fingerprint density at radius 2 is 0.950 bits per heavy atom. The van der Waals surface area contributed by atoms with E-state index in [4.69, 9.17) is 0 Å². The van der Waals surface area contributed by atoms with Crippen molar-refractivity contribution in [2.24, 2.45) is 11.8 Å². The molecule has 0 aliphatic carbocycles. The zero-order valence-corrected chi connectivity index (χ0v) is 24.5. The van der Waals surface area contributed by atoms with Crippen molar-refractivity contribution in [3.05, 3.63) is 79.9 Å². The predicted molar refractivity (Wildman–Crippen MR) is 159 cm³/mol. The Bertz CT molecular complexity index is 1010. The van der Waals surface area contributed by atoms with Gasteiger partial charge in [-0.2, -0.15) is 0 Å². The van der Waals surface area contributed by atoms with E-state index in [1.165, 1.54) is 88.9 Å². The molecule has 2 fully saturated rings. The Morgan fingerprint density at radius 3 is 1.23 bits per heavy atom. The Kier molecular flexibility index (Phi) is 10.3. The van der Waals surface area contributed by atoms with E-state index in [0.717, 1.165) is 46.7 Å². The number of quaternary nitrogens is 2. The summed E-state index contributed by atoms with van der Waals surface area (Å²) in [7, 11) is 0. The number of nitro benzene ring substituents is 2. The first-order valence-electron chi connectivity index (χ1n) is 15.4. The van der Waals surface area contributed by atoms with Crippen LogP contribution in [-0.2, 0) is 13.1 Å². The Balaban J connectivity index is 1.25. The minimum atomic E-state index is -0.320. The first-order chi connectivity index (χ1) is 19.3. The number of nitrogens with zero attached hydrogens (tertiary/aromatic N) is 4. The lowest BCUT2D eigenvalue weighted by Gasteiger charge is -2.45. The van der Waals surface area contributed by atoms with Crippen LogP contribution in [0.5, 0.6) is 0 Å². The third-order valence-corrected chi connectivity index (χ3v) is 9.76. The minimum Gasteiger partial charge on any atom is -0.320 e. The lowest BCUT2D eigenvalue weighted by atomic mass is 9.83. The molecular weight excluding hydrogens is 504 g/mol. The highest BCUT2D eigenvalue weighted by atomic mass is 16.6. The summed E-state index contributed by atoms with van der Waals surface area (Å²) in [6, 6.07) is 14.4. The summed E-state index contributed by atoms with van der Waals surface area (Å²) in [6.45, 7) is 13.7. The van der Waals surface area contributed by atoms with Crippen LogP contribution in [0.2, 0.25) is 0 Å². The third kappa shape index (κ3) is 7.88. The first kappa shape index (κ1) is 30.1. The number of rotatable bonds is 13. The SMILES string of the molecule is CCC[N+]1(Cc2ccc([N+](=O)[O-])cc2)CCC(CCC2CC[N+](CCC)(Cc3ccc([N+](=O)[O-])cc3)CC2)CC1. The molecule has 2 aliphatic heterocycles. The number of likely N-dealkylation sites (tertiary alicyclic amines) is 2. The normalized spacial score (nSPS) is 26.9. The third-order valence-electron chi connectivity index (χ3n) is 9.76. The van der Waals surface area contributed by atoms with Crippen molar-refractivity contribution in [3.63, 3.8) is 0 Å². The fourth-order valence-electron chi connectivity index (χ4n) is 7.48. The van der Waals surface area contributed by atoms with E-state index in [9.17, 15) is 20.2 Å². The van der Waals surface area contributed by atoms with E-state index < -0.39 is 0 Å². The van der Waals surface area contributed by atoms with Gasteiger partial charge in [0.25, 0.3) is 11.4 Å². The maximum atomic E-state index is 11.0. The summed E-state index contributed by atoms with van der Waals surface area (Å²) in [5.41, 5.74) is 2.76. The van der Waals surface area contributed by atoms with Crippen LogP contribution in [0.25, 0.3) is 0 Å². The molecule has 0 N–H and O–H groups in total. The van der Waals surface area contributed by atoms with Crippen molar-refractivity contribution in [1.82, 2.24) is 0 Å². The van der Waals surface area contributed by atoms with Gasteiger partial charge in [-0.25, -0.2) is 0 Å². The van der Waals surface area contributed by atoms with Crippen molar-refractivity contribution in [2.75, 3.05) is 39.3 Å². The fraction of sp³-hybridized carbons (Fsp3) is 0.625. The standard InChI is InChI=1S/C32H48N4O4/c1-3-19-35(25-29-7-11-31(12-8-29)33(37)38)21-15-27(16-22-35)5-6-28-17-23-36(20-4-2,24-18-28)26-30-9-13-32(14-10-30)34(39)40/h7-14,27-28H,3-6,15-26H2,1-2H3/q+2. The van der Waals surface area contributed by atoms with Crippen LogP contribution in [0.4, 0.5) is 11.4 Å². The Morgan fingerprint density at radius 1 is 0.625 bits per heavy atom. The summed E-state index contributed by atoms with van der Waals surface area (Å²) >= 11 is 0. The van der Waals surface area contributed by atoms with Gasteiger partial charge in [0, 0.05) is 35.4 Å². The molecule has 8 nitrogen and oxygen atoms in total. The van der Waals surface area contributed by atoms with Gasteiger partial charge in [-0.05, 0) is 87.5 Å². The summed E-state index contributed by atoms with van der Waals surface area (Å²) in [4.78, 5) is 21.4. The van der Waals surface area contributed by atoms with Crippen LogP contribution in [0, 0.1) is 32.1 Å². The summed E-state index contributed by atoms with van der Waals surface area (Å²) < 4.78 is 2.24. The molecule has 0 unspecified atom stereocenters. The Labute approximate surface area is 239 Å². The number of benzene rings is 2. The number of non-ortho nitro benzene ring substituents is 2. The van der Waals surface area contributed by atoms with E-state index in [0.29, 0.717) is 0 Å². The van der Waals surface area contributed by atoms with Crippen molar-refractivity contribution >= 4 is 11.4 Å². The minimum absolute atomic E-state index is 0.171. The van der Waals surface area contributed by atoms with Crippen molar-refractivity contribution in [3.8, 4) is 0 Å². The van der Waals surface area contributed by atoms with Crippen LogP contribution in [0.1, 0.15) is 76.3 Å². The van der Waals surface area contributed by atoms with Crippen molar-refractivity contribution in [2.45, 2.75) is 78.3 Å². The number of hydrogen-bond donors (Lipinski definition) is 0. The number of hydrogen-bond acceptors (Lipinski definition) is 4. The smallest absolute Gasteiger partial charge is 0.269 e. The summed E-state index contributed by atoms with van der Waals surface area (Å²) in [6.07, 6.45) is 10.2. The maximum Gasteiger partial charge on any atom is 0.269 e. The van der Waals surface area contributed by atoms with Crippen LogP contribution in [0.3, 0.4) is 0 Å². The highest BCUT2D eigenvalue weighted by Gasteiger charge is 2.36. The molecule has 0 spiro atoms. The molecule has 0 bridgehead atoms. The zero-order valence-electron chi connectivity index (χ0n) is 24.5. The molecule has 8 heteroatoms. The number of piperidine rings is 2. The molecule has 2 aromatic rings. The van der Waals surface area contributed by atoms with Crippen molar-refractivity contribution in [1.29, 1.82) is 0 Å². The predicted octanol–water partition coefficient (Wildman–Crippen LogP) is 7.26. The summed E-state index contributed by atoms with van der Waals surface area (Å²) in [5.74, 6) is 1.63. The summed E-state index contributed by atoms with van der Waals surface area (Å²) in [5, 5.41) is 22.1. The van der Waals surface area contributed by atoms with Gasteiger partial charge >= 0.3 is 0 Å². The molecule has 0 amide bonds. The largest absolute Gasteiger partial charge is 0.320 e. The van der Waals surface area contributed by atoms with Crippen LogP contribution in [-0.4, -0.2) is 58.1 Å². The van der Waals surface area contributed by atoms with Gasteiger partial charge in [0.1, 0.15) is 13.1 Å². The molecule has 218 valence electrons. The van der Waals surface area contributed by atoms with Gasteiger partial charge in [-0.1, -0.05) is 13.8 Å². The molecule has 0 aromatic heterocycles. The fourth-order valence-corrected chi connectivity index (χ4v) is 7.48. The Hall–Kier alpha value is -2.84. The van der Waals surface area contributed by atoms with Crippen LogP contribution in [0.15, 0.2) is 48.5 Å². The molecule has 2 aromatic carbocycles. The molecule has 2 saturated heterocycles. The molecule has 2 aliphatic rings. The first-order valence-corrected chi connectivity index (χ1v) is 15.4. The van der Waals surface area contributed by atoms with Gasteiger partial charge in [0.2, 0.25) is 0 Å².